The van der Waals surface area contributed by atoms with E-state index in [1.807, 2.05) is 0 Å². The lowest BCUT2D eigenvalue weighted by Crippen LogP contribution is -2.45. The molecular weight excluding hydrogens is 935 g/mol. The molecule has 2 unspecified atom stereocenters. The number of carbonyl (C=O) groups excluding carboxylic acids is 2. The fourth-order valence-corrected chi connectivity index (χ4v) is 10.4. The maximum Gasteiger partial charge on any atom is 0.305 e. The molecule has 0 aromatic heterocycles. The molecule has 446 valence electrons. The minimum Gasteiger partial charge on any atom is -0.466 e. The summed E-state index contributed by atoms with van der Waals surface area (Å²) < 4.78 is 5.48. The van der Waals surface area contributed by atoms with E-state index in [0.717, 1.165) is 64.2 Å². The summed E-state index contributed by atoms with van der Waals surface area (Å²) in [5.41, 5.74) is 0. The number of unbranched alkanes of at least 4 members (excludes halogenated alkanes) is 44. The second-order valence-electron chi connectivity index (χ2n) is 23.1. The van der Waals surface area contributed by atoms with Crippen molar-refractivity contribution < 1.29 is 24.5 Å². The first-order valence-electron chi connectivity index (χ1n) is 33.9. The van der Waals surface area contributed by atoms with Crippen molar-refractivity contribution in [3.05, 3.63) is 48.6 Å². The summed E-state index contributed by atoms with van der Waals surface area (Å²) in [5.74, 6) is -0.0492. The van der Waals surface area contributed by atoms with Crippen molar-refractivity contribution in [3.63, 3.8) is 0 Å². The topological polar surface area (TPSA) is 95.9 Å². The third-order valence-electron chi connectivity index (χ3n) is 15.6. The first kappa shape index (κ1) is 73.8. The molecule has 0 radical (unpaired) electrons. The smallest absolute Gasteiger partial charge is 0.305 e. The second kappa shape index (κ2) is 65.3. The van der Waals surface area contributed by atoms with Crippen LogP contribution in [0, 0.1) is 0 Å². The summed E-state index contributed by atoms with van der Waals surface area (Å²) in [5, 5.41) is 23.4. The molecule has 0 saturated heterocycles. The number of rotatable bonds is 63. The highest BCUT2D eigenvalue weighted by molar-refractivity contribution is 5.76. The molecule has 0 aliphatic rings. The largest absolute Gasteiger partial charge is 0.466 e. The Morgan fingerprint density at radius 1 is 0.368 bits per heavy atom. The van der Waals surface area contributed by atoms with Crippen LogP contribution in [0.4, 0.5) is 0 Å². The van der Waals surface area contributed by atoms with E-state index in [1.54, 1.807) is 0 Å². The first-order chi connectivity index (χ1) is 37.5. The van der Waals surface area contributed by atoms with Gasteiger partial charge < -0.3 is 20.3 Å². The van der Waals surface area contributed by atoms with Gasteiger partial charge in [0.2, 0.25) is 5.91 Å². The zero-order valence-corrected chi connectivity index (χ0v) is 51.0. The van der Waals surface area contributed by atoms with Crippen LogP contribution in [0.2, 0.25) is 0 Å². The van der Waals surface area contributed by atoms with Crippen LogP contribution in [0.1, 0.15) is 361 Å². The normalized spacial score (nSPS) is 12.8. The maximum absolute atomic E-state index is 12.5. The Hall–Kier alpha value is -2.18. The van der Waals surface area contributed by atoms with Crippen molar-refractivity contribution in [1.82, 2.24) is 5.32 Å². The van der Waals surface area contributed by atoms with E-state index < -0.39 is 12.1 Å². The summed E-state index contributed by atoms with van der Waals surface area (Å²) in [4.78, 5) is 24.6. The summed E-state index contributed by atoms with van der Waals surface area (Å²) >= 11 is 0. The standard InChI is InChI=1S/C70H131NO5/c1-3-5-7-9-11-13-15-17-19-21-22-28-31-34-38-42-46-50-54-58-62-68(73)67(66-72)71-69(74)63-59-55-51-47-43-39-35-32-29-26-24-23-25-27-30-33-37-41-45-49-53-57-61-65-76-70(75)64-60-56-52-48-44-40-36-20-18-16-14-12-10-8-6-4-2/h14,16,20,23,25-26,29,36,67-68,72-73H,3-13,15,17-19,21-22,24,27-28,30-35,37-66H2,1-2H3,(H,71,74)/b16-14-,25-23-,29-26-,36-20-. The summed E-state index contributed by atoms with van der Waals surface area (Å²) in [6, 6.07) is -0.551. The number of allylic oxidation sites excluding steroid dienone is 8. The number of hydrogen-bond donors (Lipinski definition) is 3. The van der Waals surface area contributed by atoms with E-state index in [2.05, 4.69) is 67.8 Å². The van der Waals surface area contributed by atoms with Gasteiger partial charge in [-0.05, 0) is 89.9 Å². The van der Waals surface area contributed by atoms with Crippen molar-refractivity contribution in [1.29, 1.82) is 0 Å². The van der Waals surface area contributed by atoms with Gasteiger partial charge in [-0.3, -0.25) is 9.59 Å². The average molecular weight is 1070 g/mol. The molecule has 0 aromatic carbocycles. The summed E-state index contributed by atoms with van der Waals surface area (Å²) in [6.45, 7) is 4.94. The SMILES string of the molecule is CCCCCC/C=C\C/C=C\CCCCCCCC(=O)OCCCCCCCCCCC/C=C\C/C=C\CCCCCCCCCC(=O)NC(CO)C(O)CCCCCCCCCCCCCCCCCCCCCC. The van der Waals surface area contributed by atoms with Crippen LogP contribution in [-0.2, 0) is 14.3 Å². The lowest BCUT2D eigenvalue weighted by atomic mass is 10.0. The van der Waals surface area contributed by atoms with Crippen LogP contribution in [0.3, 0.4) is 0 Å². The van der Waals surface area contributed by atoms with E-state index in [0.29, 0.717) is 25.9 Å². The Morgan fingerprint density at radius 3 is 1.01 bits per heavy atom. The third-order valence-corrected chi connectivity index (χ3v) is 15.6. The van der Waals surface area contributed by atoms with E-state index >= 15 is 0 Å². The maximum atomic E-state index is 12.5. The van der Waals surface area contributed by atoms with E-state index in [1.165, 1.54) is 263 Å². The van der Waals surface area contributed by atoms with Crippen LogP contribution in [0.5, 0.6) is 0 Å². The number of aliphatic hydroxyl groups excluding tert-OH is 2. The Balaban J connectivity index is 3.46. The third kappa shape index (κ3) is 61.0. The molecule has 1 amide bonds. The highest BCUT2D eigenvalue weighted by atomic mass is 16.5. The molecule has 3 N–H and O–H groups in total. The minimum absolute atomic E-state index is 0.00624. The molecule has 0 saturated carbocycles. The highest BCUT2D eigenvalue weighted by Gasteiger charge is 2.20. The number of nitrogens with one attached hydrogen (secondary N) is 1. The molecular formula is C70H131NO5. The van der Waals surface area contributed by atoms with Gasteiger partial charge in [-0.2, -0.15) is 0 Å². The number of aliphatic hydroxyl groups is 2. The van der Waals surface area contributed by atoms with Gasteiger partial charge in [0.05, 0.1) is 25.4 Å². The summed E-state index contributed by atoms with van der Waals surface area (Å²) in [6.07, 6.45) is 84.2. The fraction of sp³-hybridized carbons (Fsp3) is 0.857. The van der Waals surface area contributed by atoms with Gasteiger partial charge in [-0.1, -0.05) is 306 Å². The zero-order valence-electron chi connectivity index (χ0n) is 51.0. The predicted octanol–water partition coefficient (Wildman–Crippen LogP) is 21.7. The number of carbonyl (C=O) groups is 2. The Bertz CT molecular complexity index is 1270. The molecule has 0 bridgehead atoms. The number of ether oxygens (including phenoxy) is 1. The molecule has 6 heteroatoms. The first-order valence-corrected chi connectivity index (χ1v) is 33.9. The van der Waals surface area contributed by atoms with E-state index in [4.69, 9.17) is 4.74 Å². The quantitative estimate of drug-likeness (QED) is 0.0320. The Labute approximate surface area is 474 Å². The van der Waals surface area contributed by atoms with Crippen LogP contribution in [0.15, 0.2) is 48.6 Å². The Kier molecular flexibility index (Phi) is 63.5. The molecule has 0 rings (SSSR count). The van der Waals surface area contributed by atoms with Gasteiger partial charge in [0, 0.05) is 12.8 Å². The minimum atomic E-state index is -0.673. The van der Waals surface area contributed by atoms with Crippen LogP contribution in [-0.4, -0.2) is 47.4 Å². The van der Waals surface area contributed by atoms with Crippen molar-refractivity contribution in [2.45, 2.75) is 373 Å². The second-order valence-corrected chi connectivity index (χ2v) is 23.1. The lowest BCUT2D eigenvalue weighted by molar-refractivity contribution is -0.143. The molecule has 2 atom stereocenters. The van der Waals surface area contributed by atoms with Gasteiger partial charge in [-0.25, -0.2) is 0 Å². The molecule has 0 aliphatic carbocycles. The van der Waals surface area contributed by atoms with Crippen molar-refractivity contribution in [2.24, 2.45) is 0 Å². The van der Waals surface area contributed by atoms with E-state index in [-0.39, 0.29) is 18.5 Å². The van der Waals surface area contributed by atoms with Gasteiger partial charge in [0.1, 0.15) is 0 Å². The molecule has 0 heterocycles. The van der Waals surface area contributed by atoms with Crippen molar-refractivity contribution >= 4 is 11.9 Å². The van der Waals surface area contributed by atoms with Crippen LogP contribution < -0.4 is 5.32 Å². The number of hydrogen-bond acceptors (Lipinski definition) is 5. The van der Waals surface area contributed by atoms with Gasteiger partial charge >= 0.3 is 5.97 Å². The molecule has 76 heavy (non-hydrogen) atoms. The zero-order chi connectivity index (χ0) is 55.0. The van der Waals surface area contributed by atoms with Crippen molar-refractivity contribution in [2.75, 3.05) is 13.2 Å². The van der Waals surface area contributed by atoms with Gasteiger partial charge in [-0.15, -0.1) is 0 Å². The van der Waals surface area contributed by atoms with Crippen molar-refractivity contribution in [3.8, 4) is 0 Å². The molecule has 0 aromatic rings. The highest BCUT2D eigenvalue weighted by Crippen LogP contribution is 2.18. The molecule has 0 aliphatic heterocycles. The molecule has 0 fully saturated rings. The van der Waals surface area contributed by atoms with Gasteiger partial charge in [0.25, 0.3) is 0 Å². The predicted molar refractivity (Wildman–Crippen MR) is 333 cm³/mol. The summed E-state index contributed by atoms with van der Waals surface area (Å²) in [7, 11) is 0. The average Bonchev–Trinajstić information content (AvgIpc) is 3.42. The van der Waals surface area contributed by atoms with Crippen LogP contribution >= 0.6 is 0 Å². The lowest BCUT2D eigenvalue weighted by Gasteiger charge is -2.22. The fourth-order valence-electron chi connectivity index (χ4n) is 10.4. The number of esters is 1. The van der Waals surface area contributed by atoms with Crippen LogP contribution in [0.25, 0.3) is 0 Å². The Morgan fingerprint density at radius 2 is 0.658 bits per heavy atom. The van der Waals surface area contributed by atoms with E-state index in [9.17, 15) is 19.8 Å². The monoisotopic (exact) mass is 1070 g/mol. The van der Waals surface area contributed by atoms with Gasteiger partial charge in [0.15, 0.2) is 0 Å². The molecule has 0 spiro atoms. The molecule has 6 nitrogen and oxygen atoms in total. The number of amides is 1.